The van der Waals surface area contributed by atoms with E-state index in [4.69, 9.17) is 15.0 Å². The lowest BCUT2D eigenvalue weighted by atomic mass is 10.3. The number of carboxylic acid groups (broad SMARTS) is 1. The molecule has 0 aromatic carbocycles. The van der Waals surface area contributed by atoms with E-state index in [9.17, 15) is 0 Å². The molecule has 60 valence electrons. The van der Waals surface area contributed by atoms with Crippen molar-refractivity contribution in [3.05, 3.63) is 11.6 Å². The summed E-state index contributed by atoms with van der Waals surface area (Å²) >= 11 is 0. The van der Waals surface area contributed by atoms with Crippen molar-refractivity contribution in [2.24, 2.45) is 0 Å². The Morgan fingerprint density at radius 1 is 1.40 bits per heavy atom. The molecule has 0 aromatic heterocycles. The lowest BCUT2D eigenvalue weighted by Gasteiger charge is -1.80. The number of aliphatic hydroxyl groups is 1. The molecule has 0 aliphatic carbocycles. The molecule has 0 aliphatic rings. The van der Waals surface area contributed by atoms with Crippen molar-refractivity contribution in [2.75, 3.05) is 6.61 Å². The highest BCUT2D eigenvalue weighted by atomic mass is 16.4. The molecule has 3 nitrogen and oxygen atoms in total. The number of aliphatic hydroxyl groups excluding tert-OH is 1. The second-order valence-electron chi connectivity index (χ2n) is 1.98. The van der Waals surface area contributed by atoms with Gasteiger partial charge in [0.15, 0.2) is 0 Å². The average Bonchev–Trinajstić information content (AvgIpc) is 1.62. The molecule has 0 amide bonds. The Morgan fingerprint density at radius 2 is 1.70 bits per heavy atom. The molecular weight excluding hydrogens is 132 g/mol. The maximum absolute atomic E-state index is 9.00. The third-order valence-corrected chi connectivity index (χ3v) is 0.500. The second kappa shape index (κ2) is 8.17. The largest absolute Gasteiger partial charge is 0.481 e. The molecule has 10 heavy (non-hydrogen) atoms. The Labute approximate surface area is 61.0 Å². The van der Waals surface area contributed by atoms with Gasteiger partial charge in [-0.1, -0.05) is 11.6 Å². The van der Waals surface area contributed by atoms with Crippen LogP contribution < -0.4 is 0 Å². The minimum absolute atomic E-state index is 0.169. The van der Waals surface area contributed by atoms with E-state index in [1.54, 1.807) is 6.08 Å². The second-order valence-corrected chi connectivity index (χ2v) is 1.98. The molecule has 0 atom stereocenters. The van der Waals surface area contributed by atoms with E-state index in [2.05, 4.69) is 0 Å². The van der Waals surface area contributed by atoms with Crippen LogP contribution in [-0.2, 0) is 4.79 Å². The normalized spacial score (nSPS) is 7.20. The van der Waals surface area contributed by atoms with Crippen molar-refractivity contribution < 1.29 is 15.0 Å². The Kier molecular flexibility index (Phi) is 9.73. The minimum atomic E-state index is -0.833. The zero-order valence-electron chi connectivity index (χ0n) is 6.59. The molecule has 0 bridgehead atoms. The van der Waals surface area contributed by atoms with Crippen LogP contribution in [0.2, 0.25) is 0 Å². The Morgan fingerprint density at radius 3 is 1.70 bits per heavy atom. The summed E-state index contributed by atoms with van der Waals surface area (Å²) in [6.07, 6.45) is 1.76. The van der Waals surface area contributed by atoms with E-state index in [1.807, 2.05) is 13.8 Å². The molecule has 0 fully saturated rings. The molecule has 0 saturated carbocycles. The van der Waals surface area contributed by atoms with Gasteiger partial charge in [0.05, 0.1) is 6.61 Å². The van der Waals surface area contributed by atoms with Crippen molar-refractivity contribution in [3.63, 3.8) is 0 Å². The van der Waals surface area contributed by atoms with Crippen molar-refractivity contribution in [3.8, 4) is 0 Å². The summed E-state index contributed by atoms with van der Waals surface area (Å²) in [6.45, 7) is 5.16. The minimum Gasteiger partial charge on any atom is -0.481 e. The van der Waals surface area contributed by atoms with Crippen molar-refractivity contribution >= 4 is 5.97 Å². The fourth-order valence-electron chi connectivity index (χ4n) is 0.183. The topological polar surface area (TPSA) is 57.5 Å². The highest BCUT2D eigenvalue weighted by Gasteiger charge is 1.68. The van der Waals surface area contributed by atoms with Gasteiger partial charge in [-0.05, 0) is 13.8 Å². The van der Waals surface area contributed by atoms with Crippen LogP contribution in [0.15, 0.2) is 11.6 Å². The first kappa shape index (κ1) is 11.9. The van der Waals surface area contributed by atoms with E-state index in [-0.39, 0.29) is 6.61 Å². The van der Waals surface area contributed by atoms with E-state index in [0.717, 1.165) is 12.5 Å². The van der Waals surface area contributed by atoms with Crippen LogP contribution in [0.1, 0.15) is 20.8 Å². The summed E-state index contributed by atoms with van der Waals surface area (Å²) in [4.78, 5) is 9.00. The van der Waals surface area contributed by atoms with E-state index in [0.29, 0.717) is 0 Å². The highest BCUT2D eigenvalue weighted by Crippen LogP contribution is 1.83. The van der Waals surface area contributed by atoms with Gasteiger partial charge in [0, 0.05) is 6.92 Å². The third kappa shape index (κ3) is 58.0. The molecule has 0 unspecified atom stereocenters. The van der Waals surface area contributed by atoms with Crippen LogP contribution in [0.25, 0.3) is 0 Å². The maximum Gasteiger partial charge on any atom is 0.300 e. The zero-order valence-corrected chi connectivity index (χ0v) is 6.59. The first-order valence-electron chi connectivity index (χ1n) is 2.94. The van der Waals surface area contributed by atoms with Gasteiger partial charge in [-0.15, -0.1) is 0 Å². The molecule has 3 heteroatoms. The highest BCUT2D eigenvalue weighted by molar-refractivity contribution is 5.62. The zero-order chi connectivity index (χ0) is 8.57. The Bertz CT molecular complexity index is 108. The van der Waals surface area contributed by atoms with Gasteiger partial charge in [0.2, 0.25) is 0 Å². The fourth-order valence-corrected chi connectivity index (χ4v) is 0.183. The molecule has 0 aromatic rings. The van der Waals surface area contributed by atoms with Gasteiger partial charge in [0.1, 0.15) is 0 Å². The first-order valence-corrected chi connectivity index (χ1v) is 2.94. The number of rotatable bonds is 1. The van der Waals surface area contributed by atoms with Crippen LogP contribution in [0.3, 0.4) is 0 Å². The lowest BCUT2D eigenvalue weighted by molar-refractivity contribution is -0.134. The summed E-state index contributed by atoms with van der Waals surface area (Å²) in [5.41, 5.74) is 1.16. The number of carboxylic acids is 1. The Balaban J connectivity index is 0. The van der Waals surface area contributed by atoms with Crippen molar-refractivity contribution in [2.45, 2.75) is 20.8 Å². The average molecular weight is 146 g/mol. The molecule has 0 heterocycles. The van der Waals surface area contributed by atoms with Gasteiger partial charge >= 0.3 is 0 Å². The number of aliphatic carboxylic acids is 1. The standard InChI is InChI=1S/C5H10O.C2H4O2/c1-5(2)3-4-6;1-2(3)4/h3,6H,4H2,1-2H3;1H3,(H,3,4). The van der Waals surface area contributed by atoms with Crippen LogP contribution in [-0.4, -0.2) is 22.8 Å². The third-order valence-electron chi connectivity index (χ3n) is 0.500. The predicted molar refractivity (Wildman–Crippen MR) is 39.8 cm³/mol. The fraction of sp³-hybridized carbons (Fsp3) is 0.571. The molecule has 0 aliphatic heterocycles. The number of carbonyl (C=O) groups is 1. The maximum atomic E-state index is 9.00. The summed E-state index contributed by atoms with van der Waals surface area (Å²) in [7, 11) is 0. The van der Waals surface area contributed by atoms with Gasteiger partial charge in [0.25, 0.3) is 5.97 Å². The SMILES string of the molecule is CC(=O)O.CC(C)=CCO. The van der Waals surface area contributed by atoms with Crippen LogP contribution >= 0.6 is 0 Å². The van der Waals surface area contributed by atoms with Gasteiger partial charge < -0.3 is 10.2 Å². The van der Waals surface area contributed by atoms with Crippen LogP contribution in [0.5, 0.6) is 0 Å². The summed E-state index contributed by atoms with van der Waals surface area (Å²) in [6, 6.07) is 0. The van der Waals surface area contributed by atoms with Gasteiger partial charge in [-0.2, -0.15) is 0 Å². The lowest BCUT2D eigenvalue weighted by Crippen LogP contribution is -1.78. The van der Waals surface area contributed by atoms with Gasteiger partial charge in [-0.25, -0.2) is 0 Å². The smallest absolute Gasteiger partial charge is 0.300 e. The van der Waals surface area contributed by atoms with Crippen LogP contribution in [0, 0.1) is 0 Å². The molecular formula is C7H14O3. The van der Waals surface area contributed by atoms with E-state index in [1.165, 1.54) is 0 Å². The summed E-state index contributed by atoms with van der Waals surface area (Å²) in [5.74, 6) is -0.833. The summed E-state index contributed by atoms with van der Waals surface area (Å²) < 4.78 is 0. The molecule has 2 N–H and O–H groups in total. The number of hydrogen-bond donors (Lipinski definition) is 2. The quantitative estimate of drug-likeness (QED) is 0.543. The first-order chi connectivity index (χ1) is 4.50. The van der Waals surface area contributed by atoms with Crippen molar-refractivity contribution in [1.29, 1.82) is 0 Å². The monoisotopic (exact) mass is 146 g/mol. The van der Waals surface area contributed by atoms with E-state index >= 15 is 0 Å². The number of allylic oxidation sites excluding steroid dienone is 1. The van der Waals surface area contributed by atoms with Crippen LogP contribution in [0.4, 0.5) is 0 Å². The molecule has 0 radical (unpaired) electrons. The predicted octanol–water partition coefficient (Wildman–Crippen LogP) is 1.04. The Hall–Kier alpha value is -0.830. The number of hydrogen-bond acceptors (Lipinski definition) is 2. The summed E-state index contributed by atoms with van der Waals surface area (Å²) in [5, 5.41) is 15.6. The van der Waals surface area contributed by atoms with E-state index < -0.39 is 5.97 Å². The molecule has 0 spiro atoms. The molecule has 0 saturated heterocycles. The van der Waals surface area contributed by atoms with Gasteiger partial charge in [-0.3, -0.25) is 4.79 Å². The molecule has 0 rings (SSSR count). The van der Waals surface area contributed by atoms with Crippen molar-refractivity contribution in [1.82, 2.24) is 0 Å².